The van der Waals surface area contributed by atoms with Gasteiger partial charge in [-0.15, -0.1) is 0 Å². The minimum Gasteiger partial charge on any atom is -0.352 e. The molecule has 5 heteroatoms. The zero-order valence-corrected chi connectivity index (χ0v) is 10.4. The molecular formula is C13H18F2N2O. The van der Waals surface area contributed by atoms with Gasteiger partial charge in [-0.3, -0.25) is 4.79 Å². The second kappa shape index (κ2) is 7.06. The van der Waals surface area contributed by atoms with E-state index in [1.165, 1.54) is 0 Å². The van der Waals surface area contributed by atoms with E-state index in [1.54, 1.807) is 6.92 Å². The van der Waals surface area contributed by atoms with Crippen LogP contribution in [0.5, 0.6) is 0 Å². The van der Waals surface area contributed by atoms with Crippen LogP contribution in [0, 0.1) is 17.6 Å². The highest BCUT2D eigenvalue weighted by Gasteiger charge is 2.12. The number of benzene rings is 1. The molecule has 18 heavy (non-hydrogen) atoms. The maximum absolute atomic E-state index is 13.3. The smallest absolute Gasteiger partial charge is 0.223 e. The maximum atomic E-state index is 13.3. The Kier molecular flexibility index (Phi) is 5.71. The second-order valence-electron chi connectivity index (χ2n) is 4.29. The molecule has 0 aliphatic heterocycles. The molecule has 0 saturated heterocycles. The molecule has 100 valence electrons. The van der Waals surface area contributed by atoms with Crippen molar-refractivity contribution in [2.24, 2.45) is 11.7 Å². The average Bonchev–Trinajstić information content (AvgIpc) is 2.36. The molecule has 0 saturated carbocycles. The number of carbonyl (C=O) groups is 1. The summed E-state index contributed by atoms with van der Waals surface area (Å²) in [4.78, 5) is 11.7. The summed E-state index contributed by atoms with van der Waals surface area (Å²) in [5, 5.41) is 2.59. The van der Waals surface area contributed by atoms with Crippen LogP contribution in [0.3, 0.4) is 0 Å². The Morgan fingerprint density at radius 1 is 1.44 bits per heavy atom. The van der Waals surface area contributed by atoms with Crippen LogP contribution in [-0.4, -0.2) is 12.5 Å². The molecule has 1 aromatic rings. The van der Waals surface area contributed by atoms with Gasteiger partial charge in [0.15, 0.2) is 0 Å². The predicted octanol–water partition coefficient (Wildman–Crippen LogP) is 1.96. The lowest BCUT2D eigenvalue weighted by molar-refractivity contribution is -0.124. The van der Waals surface area contributed by atoms with Gasteiger partial charge >= 0.3 is 0 Å². The summed E-state index contributed by atoms with van der Waals surface area (Å²) in [5.41, 5.74) is 5.50. The van der Waals surface area contributed by atoms with Gasteiger partial charge in [-0.05, 0) is 37.6 Å². The van der Waals surface area contributed by atoms with Crippen LogP contribution < -0.4 is 11.1 Å². The molecule has 0 aliphatic carbocycles. The highest BCUT2D eigenvalue weighted by molar-refractivity contribution is 5.78. The molecule has 0 fully saturated rings. The molecule has 0 aromatic heterocycles. The van der Waals surface area contributed by atoms with Gasteiger partial charge < -0.3 is 11.1 Å². The second-order valence-corrected chi connectivity index (χ2v) is 4.29. The molecule has 1 unspecified atom stereocenters. The molecule has 3 N–H and O–H groups in total. The van der Waals surface area contributed by atoms with E-state index in [0.29, 0.717) is 13.0 Å². The number of amides is 1. The summed E-state index contributed by atoms with van der Waals surface area (Å²) in [6, 6.07) is 3.18. The van der Waals surface area contributed by atoms with Crippen molar-refractivity contribution in [3.63, 3.8) is 0 Å². The van der Waals surface area contributed by atoms with E-state index in [0.717, 1.165) is 24.6 Å². The number of hydrogen-bond acceptors (Lipinski definition) is 2. The quantitative estimate of drug-likeness (QED) is 0.817. The number of halogens is 2. The Bertz CT molecular complexity index is 410. The van der Waals surface area contributed by atoms with Gasteiger partial charge in [0.2, 0.25) is 5.91 Å². The first-order chi connectivity index (χ1) is 8.54. The van der Waals surface area contributed by atoms with Crippen LogP contribution in [0.1, 0.15) is 25.3 Å². The molecule has 0 heterocycles. The first-order valence-electron chi connectivity index (χ1n) is 5.96. The molecule has 3 nitrogen and oxygen atoms in total. The van der Waals surface area contributed by atoms with E-state index in [2.05, 4.69) is 5.32 Å². The monoisotopic (exact) mass is 256 g/mol. The lowest BCUT2D eigenvalue weighted by Gasteiger charge is -2.12. The fourth-order valence-electron chi connectivity index (χ4n) is 1.59. The Morgan fingerprint density at radius 2 is 2.17 bits per heavy atom. The van der Waals surface area contributed by atoms with E-state index in [1.807, 2.05) is 0 Å². The minimum absolute atomic E-state index is 0.00457. The maximum Gasteiger partial charge on any atom is 0.223 e. The zero-order valence-electron chi connectivity index (χ0n) is 10.4. The summed E-state index contributed by atoms with van der Waals surface area (Å²) in [6.45, 7) is 2.32. The van der Waals surface area contributed by atoms with Gasteiger partial charge in [0.25, 0.3) is 0 Å². The minimum atomic E-state index is -0.522. The van der Waals surface area contributed by atoms with Crippen molar-refractivity contribution < 1.29 is 13.6 Å². The Morgan fingerprint density at radius 3 is 2.83 bits per heavy atom. The van der Waals surface area contributed by atoms with Gasteiger partial charge in [0.05, 0.1) is 0 Å². The highest BCUT2D eigenvalue weighted by Crippen LogP contribution is 2.10. The summed E-state index contributed by atoms with van der Waals surface area (Å²) in [5.74, 6) is -1.39. The van der Waals surface area contributed by atoms with Crippen molar-refractivity contribution in [2.45, 2.75) is 26.3 Å². The normalized spacial score (nSPS) is 12.2. The summed E-state index contributed by atoms with van der Waals surface area (Å²) < 4.78 is 26.2. The van der Waals surface area contributed by atoms with Crippen molar-refractivity contribution in [3.05, 3.63) is 35.4 Å². The third-order valence-electron chi connectivity index (χ3n) is 2.75. The van der Waals surface area contributed by atoms with Gasteiger partial charge in [-0.2, -0.15) is 0 Å². The van der Waals surface area contributed by atoms with Crippen LogP contribution in [0.25, 0.3) is 0 Å². The van der Waals surface area contributed by atoms with Gasteiger partial charge in [0.1, 0.15) is 11.6 Å². The number of hydrogen-bond donors (Lipinski definition) is 2. The van der Waals surface area contributed by atoms with Crippen LogP contribution in [-0.2, 0) is 11.3 Å². The topological polar surface area (TPSA) is 55.1 Å². The molecule has 1 rings (SSSR count). The summed E-state index contributed by atoms with van der Waals surface area (Å²) >= 11 is 0. The molecule has 1 aromatic carbocycles. The fourth-order valence-corrected chi connectivity index (χ4v) is 1.59. The van der Waals surface area contributed by atoms with Gasteiger partial charge in [0, 0.05) is 18.0 Å². The molecule has 1 atom stereocenters. The van der Waals surface area contributed by atoms with Crippen molar-refractivity contribution in [2.75, 3.05) is 6.54 Å². The Balaban J connectivity index is 2.49. The lowest BCUT2D eigenvalue weighted by Crippen LogP contribution is -2.29. The van der Waals surface area contributed by atoms with E-state index >= 15 is 0 Å². The standard InChI is InChI=1S/C13H18F2N2O/c1-9(3-2-6-16)13(18)17-8-10-7-11(14)4-5-12(10)15/h4-5,7,9H,2-3,6,8,16H2,1H3,(H,17,18). The molecule has 0 aliphatic rings. The zero-order chi connectivity index (χ0) is 13.5. The van der Waals surface area contributed by atoms with Gasteiger partial charge in [-0.1, -0.05) is 6.92 Å². The van der Waals surface area contributed by atoms with Crippen molar-refractivity contribution in [1.29, 1.82) is 0 Å². The van der Waals surface area contributed by atoms with Crippen molar-refractivity contribution in [1.82, 2.24) is 5.32 Å². The average molecular weight is 256 g/mol. The molecule has 0 radical (unpaired) electrons. The highest BCUT2D eigenvalue weighted by atomic mass is 19.1. The number of carbonyl (C=O) groups excluding carboxylic acids is 1. The van der Waals surface area contributed by atoms with Crippen LogP contribution in [0.2, 0.25) is 0 Å². The molecular weight excluding hydrogens is 238 g/mol. The number of rotatable bonds is 6. The summed E-state index contributed by atoms with van der Waals surface area (Å²) in [7, 11) is 0. The first-order valence-corrected chi connectivity index (χ1v) is 5.96. The van der Waals surface area contributed by atoms with Crippen LogP contribution in [0.15, 0.2) is 18.2 Å². The predicted molar refractivity (Wildman–Crippen MR) is 65.7 cm³/mol. The fraction of sp³-hybridized carbons (Fsp3) is 0.462. The van der Waals surface area contributed by atoms with E-state index in [9.17, 15) is 13.6 Å². The Hall–Kier alpha value is -1.49. The van der Waals surface area contributed by atoms with E-state index < -0.39 is 11.6 Å². The largest absolute Gasteiger partial charge is 0.352 e. The lowest BCUT2D eigenvalue weighted by atomic mass is 10.0. The van der Waals surface area contributed by atoms with E-state index in [-0.39, 0.29) is 23.9 Å². The third-order valence-corrected chi connectivity index (χ3v) is 2.75. The van der Waals surface area contributed by atoms with E-state index in [4.69, 9.17) is 5.73 Å². The van der Waals surface area contributed by atoms with Crippen molar-refractivity contribution in [3.8, 4) is 0 Å². The van der Waals surface area contributed by atoms with Crippen molar-refractivity contribution >= 4 is 5.91 Å². The van der Waals surface area contributed by atoms with Gasteiger partial charge in [-0.25, -0.2) is 8.78 Å². The third kappa shape index (κ3) is 4.41. The SMILES string of the molecule is CC(CCCN)C(=O)NCc1cc(F)ccc1F. The van der Waals surface area contributed by atoms with Crippen LogP contribution in [0.4, 0.5) is 8.78 Å². The molecule has 0 bridgehead atoms. The molecule has 1 amide bonds. The summed E-state index contributed by atoms with van der Waals surface area (Å²) in [6.07, 6.45) is 1.46. The first kappa shape index (κ1) is 14.6. The molecule has 0 spiro atoms. The Labute approximate surface area is 105 Å². The number of nitrogens with one attached hydrogen (secondary N) is 1. The number of nitrogens with two attached hydrogens (primary N) is 1. The van der Waals surface area contributed by atoms with Crippen LogP contribution >= 0.6 is 0 Å².